The number of ether oxygens (including phenoxy) is 1. The van der Waals surface area contributed by atoms with Crippen molar-refractivity contribution in [2.75, 3.05) is 19.7 Å². The van der Waals surface area contributed by atoms with E-state index in [2.05, 4.69) is 0 Å². The molecule has 2 aliphatic rings. The fraction of sp³-hybridized carbons (Fsp3) is 0.500. The van der Waals surface area contributed by atoms with Crippen molar-refractivity contribution in [1.82, 2.24) is 4.90 Å². The number of carboxylic acids is 1. The Morgan fingerprint density at radius 2 is 2.13 bits per heavy atom. The Labute approximate surface area is 131 Å². The first-order chi connectivity index (χ1) is 11.0. The van der Waals surface area contributed by atoms with Crippen LogP contribution in [0.25, 0.3) is 0 Å². The lowest BCUT2D eigenvalue weighted by Gasteiger charge is -2.32. The van der Waals surface area contributed by atoms with E-state index in [1.165, 1.54) is 12.1 Å². The summed E-state index contributed by atoms with van der Waals surface area (Å²) < 4.78 is 32.1. The van der Waals surface area contributed by atoms with Crippen LogP contribution in [-0.4, -0.2) is 47.7 Å². The van der Waals surface area contributed by atoms with E-state index in [4.69, 9.17) is 9.84 Å². The van der Waals surface area contributed by atoms with Crippen LogP contribution in [0.4, 0.5) is 8.78 Å². The summed E-state index contributed by atoms with van der Waals surface area (Å²) >= 11 is 0. The molecule has 1 heterocycles. The topological polar surface area (TPSA) is 66.8 Å². The first-order valence-electron chi connectivity index (χ1n) is 7.53. The maximum atomic E-state index is 13.8. The van der Waals surface area contributed by atoms with Crippen LogP contribution >= 0.6 is 0 Å². The molecule has 1 saturated heterocycles. The predicted molar refractivity (Wildman–Crippen MR) is 75.8 cm³/mol. The molecule has 1 aliphatic carbocycles. The van der Waals surface area contributed by atoms with E-state index in [-0.39, 0.29) is 30.7 Å². The molecule has 7 heteroatoms. The Kier molecular flexibility index (Phi) is 4.30. The van der Waals surface area contributed by atoms with Crippen LogP contribution in [-0.2, 0) is 14.3 Å². The molecule has 3 unspecified atom stereocenters. The summed E-state index contributed by atoms with van der Waals surface area (Å²) in [5.74, 6) is -2.91. The van der Waals surface area contributed by atoms with Crippen LogP contribution in [0.15, 0.2) is 18.2 Å². The van der Waals surface area contributed by atoms with Crippen LogP contribution < -0.4 is 0 Å². The summed E-state index contributed by atoms with van der Waals surface area (Å²) in [5.41, 5.74) is 0.361. The molecule has 2 fully saturated rings. The molecule has 5 nitrogen and oxygen atoms in total. The molecule has 23 heavy (non-hydrogen) atoms. The van der Waals surface area contributed by atoms with Gasteiger partial charge in [0.05, 0.1) is 19.1 Å². The zero-order valence-electron chi connectivity index (χ0n) is 12.4. The minimum atomic E-state index is -0.970. The van der Waals surface area contributed by atoms with E-state index >= 15 is 0 Å². The summed E-state index contributed by atoms with van der Waals surface area (Å²) in [6.45, 7) is 0.941. The standard InChI is InChI=1S/C16H17F2NO4/c17-9-1-2-11(14(18)5-9)12-7-13(12)16(22)19-3-4-23-10(8-19)6-15(20)21/h1-2,5,10,12-13H,3-4,6-8H2,(H,20,21). The van der Waals surface area contributed by atoms with Crippen molar-refractivity contribution in [2.45, 2.75) is 24.9 Å². The van der Waals surface area contributed by atoms with E-state index in [0.29, 0.717) is 25.1 Å². The quantitative estimate of drug-likeness (QED) is 0.916. The number of rotatable bonds is 4. The van der Waals surface area contributed by atoms with Crippen molar-refractivity contribution in [1.29, 1.82) is 0 Å². The molecule has 1 N–H and O–H groups in total. The van der Waals surface area contributed by atoms with E-state index in [9.17, 15) is 18.4 Å². The highest BCUT2D eigenvalue weighted by atomic mass is 19.1. The number of hydrogen-bond donors (Lipinski definition) is 1. The van der Waals surface area contributed by atoms with Gasteiger partial charge in [-0.05, 0) is 24.0 Å². The molecule has 124 valence electrons. The normalized spacial score (nSPS) is 26.9. The Balaban J connectivity index is 1.62. The number of carbonyl (C=O) groups is 2. The number of amides is 1. The van der Waals surface area contributed by atoms with Gasteiger partial charge in [-0.1, -0.05) is 6.07 Å². The van der Waals surface area contributed by atoms with Gasteiger partial charge in [-0.3, -0.25) is 9.59 Å². The zero-order chi connectivity index (χ0) is 16.6. The maximum absolute atomic E-state index is 13.8. The number of carboxylic acid groups (broad SMARTS) is 1. The van der Waals surface area contributed by atoms with Crippen molar-refractivity contribution in [3.8, 4) is 0 Å². The number of morpholine rings is 1. The number of carbonyl (C=O) groups excluding carboxylic acids is 1. The van der Waals surface area contributed by atoms with Crippen molar-refractivity contribution in [3.63, 3.8) is 0 Å². The largest absolute Gasteiger partial charge is 0.481 e. The lowest BCUT2D eigenvalue weighted by Crippen LogP contribution is -2.47. The molecule has 0 bridgehead atoms. The van der Waals surface area contributed by atoms with Gasteiger partial charge in [-0.25, -0.2) is 8.78 Å². The fourth-order valence-corrected chi connectivity index (χ4v) is 3.09. The molecule has 1 amide bonds. The molecule has 1 aromatic rings. The second-order valence-electron chi connectivity index (χ2n) is 5.99. The molecule has 0 radical (unpaired) electrons. The van der Waals surface area contributed by atoms with Crippen LogP contribution in [0, 0.1) is 17.6 Å². The maximum Gasteiger partial charge on any atom is 0.306 e. The molecule has 1 aliphatic heterocycles. The van der Waals surface area contributed by atoms with Gasteiger partial charge >= 0.3 is 5.97 Å². The van der Waals surface area contributed by atoms with Gasteiger partial charge in [0.2, 0.25) is 5.91 Å². The first kappa shape index (κ1) is 15.9. The predicted octanol–water partition coefficient (Wildman–Crippen LogP) is 1.77. The molecule has 0 spiro atoms. The minimum Gasteiger partial charge on any atom is -0.481 e. The second kappa shape index (κ2) is 6.23. The van der Waals surface area contributed by atoms with Crippen molar-refractivity contribution in [2.24, 2.45) is 5.92 Å². The number of benzene rings is 1. The smallest absolute Gasteiger partial charge is 0.306 e. The van der Waals surface area contributed by atoms with Gasteiger partial charge in [0.1, 0.15) is 11.6 Å². The van der Waals surface area contributed by atoms with Gasteiger partial charge in [0, 0.05) is 25.1 Å². The van der Waals surface area contributed by atoms with Crippen molar-refractivity contribution >= 4 is 11.9 Å². The summed E-state index contributed by atoms with van der Waals surface area (Å²) in [6, 6.07) is 3.40. The molecular weight excluding hydrogens is 308 g/mol. The third kappa shape index (κ3) is 3.50. The third-order valence-electron chi connectivity index (χ3n) is 4.32. The van der Waals surface area contributed by atoms with Crippen LogP contribution in [0.2, 0.25) is 0 Å². The monoisotopic (exact) mass is 325 g/mol. The molecule has 1 aromatic carbocycles. The molecular formula is C16H17F2NO4. The Morgan fingerprint density at radius 3 is 2.83 bits per heavy atom. The Morgan fingerprint density at radius 1 is 1.35 bits per heavy atom. The van der Waals surface area contributed by atoms with Crippen molar-refractivity contribution < 1.29 is 28.2 Å². The highest BCUT2D eigenvalue weighted by Gasteiger charge is 2.47. The molecule has 1 saturated carbocycles. The lowest BCUT2D eigenvalue weighted by molar-refractivity contribution is -0.148. The number of aliphatic carboxylic acids is 1. The van der Waals surface area contributed by atoms with E-state index in [1.807, 2.05) is 0 Å². The van der Waals surface area contributed by atoms with Gasteiger partial charge in [0.25, 0.3) is 0 Å². The van der Waals surface area contributed by atoms with Gasteiger partial charge in [0.15, 0.2) is 0 Å². The lowest BCUT2D eigenvalue weighted by atomic mass is 10.1. The zero-order valence-corrected chi connectivity index (χ0v) is 12.4. The highest BCUT2D eigenvalue weighted by Crippen LogP contribution is 2.49. The molecule has 3 atom stereocenters. The Hall–Kier alpha value is -2.02. The minimum absolute atomic E-state index is 0.114. The van der Waals surface area contributed by atoms with Gasteiger partial charge in [-0.2, -0.15) is 0 Å². The third-order valence-corrected chi connectivity index (χ3v) is 4.32. The average molecular weight is 325 g/mol. The van der Waals surface area contributed by atoms with Crippen LogP contribution in [0.3, 0.4) is 0 Å². The van der Waals surface area contributed by atoms with E-state index in [1.54, 1.807) is 4.90 Å². The van der Waals surface area contributed by atoms with Crippen molar-refractivity contribution in [3.05, 3.63) is 35.4 Å². The van der Waals surface area contributed by atoms with Crippen LogP contribution in [0.1, 0.15) is 24.3 Å². The van der Waals surface area contributed by atoms with Crippen LogP contribution in [0.5, 0.6) is 0 Å². The molecule has 0 aromatic heterocycles. The second-order valence-corrected chi connectivity index (χ2v) is 5.99. The number of halogens is 2. The highest BCUT2D eigenvalue weighted by molar-refractivity contribution is 5.83. The van der Waals surface area contributed by atoms with E-state index < -0.39 is 23.7 Å². The number of nitrogens with zero attached hydrogens (tertiary/aromatic N) is 1. The van der Waals surface area contributed by atoms with Gasteiger partial charge in [-0.15, -0.1) is 0 Å². The number of hydrogen-bond acceptors (Lipinski definition) is 3. The molecule has 3 rings (SSSR count). The first-order valence-corrected chi connectivity index (χ1v) is 7.53. The summed E-state index contributed by atoms with van der Waals surface area (Å²) in [6.07, 6.45) is -0.128. The summed E-state index contributed by atoms with van der Waals surface area (Å²) in [5, 5.41) is 8.80. The van der Waals surface area contributed by atoms with E-state index in [0.717, 1.165) is 6.07 Å². The Bertz CT molecular complexity index is 637. The SMILES string of the molecule is O=C(O)CC1CN(C(=O)C2CC2c2ccc(F)cc2F)CCO1. The van der Waals surface area contributed by atoms with Gasteiger partial charge < -0.3 is 14.7 Å². The summed E-state index contributed by atoms with van der Waals surface area (Å²) in [7, 11) is 0. The summed E-state index contributed by atoms with van der Waals surface area (Å²) in [4.78, 5) is 24.8. The fourth-order valence-electron chi connectivity index (χ4n) is 3.09. The average Bonchev–Trinajstić information content (AvgIpc) is 3.26.